The molecule has 0 spiro atoms. The van der Waals surface area contributed by atoms with Crippen molar-refractivity contribution < 1.29 is 18.6 Å². The van der Waals surface area contributed by atoms with Gasteiger partial charge in [0.25, 0.3) is 0 Å². The van der Waals surface area contributed by atoms with Crippen LogP contribution in [0.1, 0.15) is 63.8 Å². The fourth-order valence-electron chi connectivity index (χ4n) is 8.88. The number of rotatable bonds is 9. The van der Waals surface area contributed by atoms with Crippen molar-refractivity contribution in [2.45, 2.75) is 65.6 Å². The second-order valence-electron chi connectivity index (χ2n) is 18.8. The van der Waals surface area contributed by atoms with Crippen LogP contribution in [0.5, 0.6) is 17.2 Å². The molecule has 9 aromatic rings. The Kier molecular flexibility index (Phi) is 10.4. The lowest BCUT2D eigenvalue weighted by atomic mass is 9.87. The van der Waals surface area contributed by atoms with Crippen LogP contribution in [0.2, 0.25) is 0 Å². The van der Waals surface area contributed by atoms with Gasteiger partial charge in [0.15, 0.2) is 0 Å². The van der Waals surface area contributed by atoms with Gasteiger partial charge >= 0.3 is 7.37 Å². The molecule has 1 aromatic heterocycles. The molecule has 1 aliphatic rings. The van der Waals surface area contributed by atoms with Gasteiger partial charge in [0.1, 0.15) is 36.0 Å². The van der Waals surface area contributed by atoms with Crippen molar-refractivity contribution in [1.82, 2.24) is 4.57 Å². The molecule has 2 heterocycles. The Hall–Kier alpha value is -6.81. The molecule has 1 atom stereocenters. The highest BCUT2D eigenvalue weighted by molar-refractivity contribution is 7.75. The third-order valence-electron chi connectivity index (χ3n) is 12.4. The summed E-state index contributed by atoms with van der Waals surface area (Å²) in [5.74, 6) is 1.63. The lowest BCUT2D eigenvalue weighted by Crippen LogP contribution is -2.27. The molecule has 0 fully saturated rings. The minimum atomic E-state index is -3.95. The molecule has 1 aliphatic heterocycles. The Balaban J connectivity index is 1.28. The van der Waals surface area contributed by atoms with Gasteiger partial charge in [-0.3, -0.25) is 4.57 Å². The van der Waals surface area contributed by atoms with Crippen LogP contribution < -0.4 is 24.6 Å². The first-order valence-corrected chi connectivity index (χ1v) is 23.7. The summed E-state index contributed by atoms with van der Waals surface area (Å²) in [5, 5.41) is 2.81. The molecule has 6 heteroatoms. The standard InChI is InChI=1S/C58H52NO4P/c1-57(2,3)43-30-25-39(26-31-43)37-61-51-36-53(64(60)52-24-16-14-22-47(52)46-21-13-15-23-50(46)63-64)56(62-38-40-27-32-44(33-28-40)58(4,5)6)54-48-35-42(41-17-9-7-10-18-41)29-34-49(48)59(55(51)54)45-19-11-8-12-20-45/h7-36H,37-38H2,1-6H3. The SMILES string of the molecule is CC(C)(C)c1ccc(COc2c(P3(=O)Oc4ccccc4-c4ccccc43)cc(OCc3ccc(C(C)(C)C)cc3)c3c2c2cc(-c4ccccc4)ccc2n3-c2ccccc2)cc1. The van der Waals surface area contributed by atoms with Crippen molar-refractivity contribution in [2.75, 3.05) is 0 Å². The summed E-state index contributed by atoms with van der Waals surface area (Å²) in [6.07, 6.45) is 0. The van der Waals surface area contributed by atoms with Crippen LogP contribution in [0.15, 0.2) is 182 Å². The molecule has 0 N–H and O–H groups in total. The molecule has 0 saturated heterocycles. The zero-order valence-corrected chi connectivity index (χ0v) is 38.2. The van der Waals surface area contributed by atoms with E-state index in [0.717, 1.165) is 60.9 Å². The first-order valence-electron chi connectivity index (χ1n) is 22.1. The summed E-state index contributed by atoms with van der Waals surface area (Å²) in [5.41, 5.74) is 11.2. The van der Waals surface area contributed by atoms with E-state index in [0.29, 0.717) is 27.9 Å². The number of benzene rings is 8. The maximum atomic E-state index is 16.5. The first-order chi connectivity index (χ1) is 30.9. The molecule has 0 radical (unpaired) electrons. The van der Waals surface area contributed by atoms with E-state index in [-0.39, 0.29) is 24.0 Å². The van der Waals surface area contributed by atoms with Gasteiger partial charge in [-0.15, -0.1) is 0 Å². The van der Waals surface area contributed by atoms with Crippen molar-refractivity contribution in [3.05, 3.63) is 204 Å². The zero-order valence-electron chi connectivity index (χ0n) is 37.3. The quantitative estimate of drug-likeness (QED) is 0.136. The summed E-state index contributed by atoms with van der Waals surface area (Å²) in [4.78, 5) is 0. The normalized spacial score (nSPS) is 14.8. The average Bonchev–Trinajstić information content (AvgIpc) is 3.65. The number of para-hydroxylation sites is 2. The smallest absolute Gasteiger partial charge is 0.311 e. The molecule has 10 rings (SSSR count). The molecular weight excluding hydrogens is 806 g/mol. The van der Waals surface area contributed by atoms with E-state index in [9.17, 15) is 0 Å². The minimum Gasteiger partial charge on any atom is -0.487 e. The van der Waals surface area contributed by atoms with E-state index in [4.69, 9.17) is 14.0 Å². The van der Waals surface area contributed by atoms with Crippen molar-refractivity contribution in [3.63, 3.8) is 0 Å². The number of hydrogen-bond donors (Lipinski definition) is 0. The summed E-state index contributed by atoms with van der Waals surface area (Å²) in [7, 11) is -3.95. The highest BCUT2D eigenvalue weighted by Crippen LogP contribution is 2.58. The highest BCUT2D eigenvalue weighted by Gasteiger charge is 2.42. The zero-order chi connectivity index (χ0) is 44.2. The second-order valence-corrected chi connectivity index (χ2v) is 21.1. The van der Waals surface area contributed by atoms with Crippen molar-refractivity contribution in [3.8, 4) is 45.2 Å². The fraction of sp³-hybridized carbons (Fsp3) is 0.172. The van der Waals surface area contributed by atoms with Crippen molar-refractivity contribution in [1.29, 1.82) is 0 Å². The molecule has 0 aliphatic carbocycles. The number of hydrogen-bond acceptors (Lipinski definition) is 4. The molecule has 0 bridgehead atoms. The summed E-state index contributed by atoms with van der Waals surface area (Å²) < 4.78 is 40.0. The number of fused-ring (bicyclic) bond motifs is 6. The van der Waals surface area contributed by atoms with E-state index in [1.807, 2.05) is 66.7 Å². The lowest BCUT2D eigenvalue weighted by molar-refractivity contribution is 0.304. The number of aromatic nitrogens is 1. The molecule has 318 valence electrons. The lowest BCUT2D eigenvalue weighted by Gasteiger charge is -2.30. The van der Waals surface area contributed by atoms with Gasteiger partial charge in [0, 0.05) is 22.7 Å². The Morgan fingerprint density at radius 2 is 1.09 bits per heavy atom. The topological polar surface area (TPSA) is 49.7 Å². The molecular formula is C58H52NO4P. The first kappa shape index (κ1) is 41.2. The predicted octanol–water partition coefficient (Wildman–Crippen LogP) is 14.5. The maximum Gasteiger partial charge on any atom is 0.311 e. The minimum absolute atomic E-state index is 0.000329. The van der Waals surface area contributed by atoms with Crippen LogP contribution in [0.3, 0.4) is 0 Å². The molecule has 0 amide bonds. The summed E-state index contributed by atoms with van der Waals surface area (Å²) in [6, 6.07) is 62.3. The van der Waals surface area contributed by atoms with Crippen LogP contribution in [0.25, 0.3) is 49.7 Å². The maximum absolute atomic E-state index is 16.5. The summed E-state index contributed by atoms with van der Waals surface area (Å²) in [6.45, 7) is 13.8. The highest BCUT2D eigenvalue weighted by atomic mass is 31.2. The van der Waals surface area contributed by atoms with E-state index < -0.39 is 7.37 Å². The average molecular weight is 858 g/mol. The fourth-order valence-corrected chi connectivity index (χ4v) is 11.3. The second kappa shape index (κ2) is 16.1. The molecule has 5 nitrogen and oxygen atoms in total. The van der Waals surface area contributed by atoms with E-state index >= 15 is 4.57 Å². The van der Waals surface area contributed by atoms with E-state index in [2.05, 4.69) is 161 Å². The Morgan fingerprint density at radius 1 is 0.531 bits per heavy atom. The van der Waals surface area contributed by atoms with Gasteiger partial charge in [0.05, 0.1) is 21.5 Å². The van der Waals surface area contributed by atoms with Crippen molar-refractivity contribution >= 4 is 39.8 Å². The van der Waals surface area contributed by atoms with Gasteiger partial charge < -0.3 is 18.6 Å². The molecule has 64 heavy (non-hydrogen) atoms. The molecule has 1 unspecified atom stereocenters. The van der Waals surface area contributed by atoms with Crippen molar-refractivity contribution in [2.24, 2.45) is 0 Å². The third kappa shape index (κ3) is 7.48. The number of nitrogens with zero attached hydrogens (tertiary/aromatic N) is 1. The van der Waals surface area contributed by atoms with Gasteiger partial charge in [0.2, 0.25) is 0 Å². The van der Waals surface area contributed by atoms with Crippen LogP contribution in [0.4, 0.5) is 0 Å². The monoisotopic (exact) mass is 857 g/mol. The van der Waals surface area contributed by atoms with Gasteiger partial charge in [-0.25, -0.2) is 0 Å². The summed E-state index contributed by atoms with van der Waals surface area (Å²) >= 11 is 0. The van der Waals surface area contributed by atoms with E-state index in [1.54, 1.807) is 0 Å². The molecule has 0 saturated carbocycles. The largest absolute Gasteiger partial charge is 0.487 e. The Labute approximate surface area is 376 Å². The third-order valence-corrected chi connectivity index (χ3v) is 14.9. The van der Waals surface area contributed by atoms with Crippen LogP contribution in [-0.4, -0.2) is 4.57 Å². The Morgan fingerprint density at radius 3 is 1.73 bits per heavy atom. The van der Waals surface area contributed by atoms with Gasteiger partial charge in [-0.2, -0.15) is 0 Å². The molecule has 8 aromatic carbocycles. The number of ether oxygens (including phenoxy) is 2. The van der Waals surface area contributed by atoms with E-state index in [1.165, 1.54) is 11.1 Å². The van der Waals surface area contributed by atoms with Gasteiger partial charge in [-0.05, 0) is 86.2 Å². The van der Waals surface area contributed by atoms with Gasteiger partial charge in [-0.1, -0.05) is 181 Å². The predicted molar refractivity (Wildman–Crippen MR) is 265 cm³/mol. The Bertz CT molecular complexity index is 3210. The van der Waals surface area contributed by atoms with Crippen LogP contribution >= 0.6 is 7.37 Å². The van der Waals surface area contributed by atoms with Crippen LogP contribution in [0, 0.1) is 0 Å². The van der Waals surface area contributed by atoms with Crippen LogP contribution in [-0.2, 0) is 28.6 Å².